The van der Waals surface area contributed by atoms with Crippen molar-refractivity contribution >= 4 is 23.6 Å². The number of rotatable bonds is 7. The van der Waals surface area contributed by atoms with Crippen molar-refractivity contribution in [2.75, 3.05) is 18.6 Å². The van der Waals surface area contributed by atoms with Crippen LogP contribution in [-0.2, 0) is 5.41 Å². The van der Waals surface area contributed by atoms with Crippen LogP contribution in [0.15, 0.2) is 22.0 Å². The Bertz CT molecular complexity index is 874. The van der Waals surface area contributed by atoms with Crippen molar-refractivity contribution in [3.63, 3.8) is 0 Å². The van der Waals surface area contributed by atoms with Gasteiger partial charge in [-0.05, 0) is 31.5 Å². The Morgan fingerprint density at radius 3 is 2.59 bits per heavy atom. The van der Waals surface area contributed by atoms with Crippen LogP contribution in [0.4, 0.5) is 5.82 Å². The van der Waals surface area contributed by atoms with Gasteiger partial charge in [0, 0.05) is 5.41 Å². The van der Waals surface area contributed by atoms with Gasteiger partial charge in [0.05, 0.1) is 24.5 Å². The number of hydrogen-bond donors (Lipinski definition) is 2. The van der Waals surface area contributed by atoms with Gasteiger partial charge in [0.2, 0.25) is 0 Å². The fourth-order valence-electron chi connectivity index (χ4n) is 2.31. The quantitative estimate of drug-likeness (QED) is 0.552. The van der Waals surface area contributed by atoms with E-state index >= 15 is 0 Å². The molecule has 0 atom stereocenters. The summed E-state index contributed by atoms with van der Waals surface area (Å²) in [6, 6.07) is 3.49. The van der Waals surface area contributed by atoms with E-state index in [1.807, 2.05) is 34.6 Å². The van der Waals surface area contributed by atoms with Crippen LogP contribution < -0.4 is 20.6 Å². The Labute approximate surface area is 163 Å². The molecular weight excluding hydrogens is 370 g/mol. The number of ether oxygens (including phenoxy) is 2. The Kier molecular flexibility index (Phi) is 6.79. The highest BCUT2D eigenvalue weighted by molar-refractivity contribution is 6.32. The van der Waals surface area contributed by atoms with Crippen LogP contribution in [0.5, 0.6) is 11.5 Å². The van der Waals surface area contributed by atoms with Crippen LogP contribution in [-0.4, -0.2) is 34.6 Å². The van der Waals surface area contributed by atoms with E-state index < -0.39 is 5.69 Å². The summed E-state index contributed by atoms with van der Waals surface area (Å²) >= 11 is 6.30. The zero-order valence-corrected chi connectivity index (χ0v) is 16.8. The molecule has 0 fully saturated rings. The third-order valence-electron chi connectivity index (χ3n) is 3.42. The maximum atomic E-state index is 11.5. The summed E-state index contributed by atoms with van der Waals surface area (Å²) in [6.45, 7) is 10.6. The molecule has 2 rings (SSSR count). The molecule has 9 heteroatoms. The van der Waals surface area contributed by atoms with Gasteiger partial charge in [-0.15, -0.1) is 0 Å². The molecule has 0 saturated carbocycles. The van der Waals surface area contributed by atoms with Crippen molar-refractivity contribution in [2.45, 2.75) is 40.0 Å². The lowest BCUT2D eigenvalue weighted by molar-refractivity contribution is 0.288. The van der Waals surface area contributed by atoms with Gasteiger partial charge in [0.15, 0.2) is 17.3 Å². The number of anilines is 1. The molecule has 1 heterocycles. The van der Waals surface area contributed by atoms with E-state index in [4.69, 9.17) is 21.1 Å². The van der Waals surface area contributed by atoms with E-state index in [0.717, 1.165) is 0 Å². The van der Waals surface area contributed by atoms with Gasteiger partial charge >= 0.3 is 5.69 Å². The Morgan fingerprint density at radius 1 is 1.26 bits per heavy atom. The molecule has 0 bridgehead atoms. The fourth-order valence-corrected chi connectivity index (χ4v) is 2.59. The van der Waals surface area contributed by atoms with Gasteiger partial charge in [-0.25, -0.2) is 9.89 Å². The molecular formula is C18H24ClN5O3. The van der Waals surface area contributed by atoms with Gasteiger partial charge in [-0.3, -0.25) is 5.43 Å². The predicted octanol–water partition coefficient (Wildman–Crippen LogP) is 3.36. The van der Waals surface area contributed by atoms with Crippen LogP contribution in [0.1, 0.15) is 45.9 Å². The first-order valence-electron chi connectivity index (χ1n) is 8.61. The molecule has 1 aromatic carbocycles. The summed E-state index contributed by atoms with van der Waals surface area (Å²) in [4.78, 5) is 15.4. The number of benzene rings is 1. The zero-order chi connectivity index (χ0) is 20.0. The summed E-state index contributed by atoms with van der Waals surface area (Å²) in [5.74, 6) is 1.34. The van der Waals surface area contributed by atoms with Gasteiger partial charge < -0.3 is 9.47 Å². The number of hydrogen-bond acceptors (Lipinski definition) is 7. The Balaban J connectivity index is 2.29. The summed E-state index contributed by atoms with van der Waals surface area (Å²) in [5, 5.41) is 11.0. The lowest BCUT2D eigenvalue weighted by Gasteiger charge is -2.18. The standard InChI is InChI=1S/C18H24ClN5O3/c1-6-26-13-9-11(8-12(19)14(13)27-7-2)10-20-23-16-15(18(3,4)5)22-24-17(25)21-16/h8-10H,6-7H2,1-5H3,(H2,21,23,24,25)/b20-10+. The van der Waals surface area contributed by atoms with Crippen LogP contribution in [0, 0.1) is 0 Å². The highest BCUT2D eigenvalue weighted by Gasteiger charge is 2.21. The van der Waals surface area contributed by atoms with Crippen molar-refractivity contribution in [3.05, 3.63) is 38.9 Å². The summed E-state index contributed by atoms with van der Waals surface area (Å²) < 4.78 is 11.1. The number of H-pyrrole nitrogens is 1. The monoisotopic (exact) mass is 393 g/mol. The Hall–Kier alpha value is -2.61. The van der Waals surface area contributed by atoms with Gasteiger partial charge in [-0.2, -0.15) is 15.2 Å². The topological polar surface area (TPSA) is 101 Å². The average Bonchev–Trinajstić information content (AvgIpc) is 2.57. The van der Waals surface area contributed by atoms with Gasteiger partial charge in [-0.1, -0.05) is 32.4 Å². The fraction of sp³-hybridized carbons (Fsp3) is 0.444. The summed E-state index contributed by atoms with van der Waals surface area (Å²) in [7, 11) is 0. The third-order valence-corrected chi connectivity index (χ3v) is 3.70. The minimum Gasteiger partial charge on any atom is -0.490 e. The van der Waals surface area contributed by atoms with Crippen molar-refractivity contribution < 1.29 is 9.47 Å². The molecule has 0 aliphatic rings. The second-order valence-corrected chi connectivity index (χ2v) is 7.06. The van der Waals surface area contributed by atoms with E-state index in [1.54, 1.807) is 18.3 Å². The highest BCUT2D eigenvalue weighted by atomic mass is 35.5. The molecule has 146 valence electrons. The lowest BCUT2D eigenvalue weighted by atomic mass is 9.92. The summed E-state index contributed by atoms with van der Waals surface area (Å²) in [6.07, 6.45) is 1.55. The molecule has 0 unspecified atom stereocenters. The minimum absolute atomic E-state index is 0.296. The smallest absolute Gasteiger partial charge is 0.363 e. The van der Waals surface area contributed by atoms with E-state index in [9.17, 15) is 4.79 Å². The van der Waals surface area contributed by atoms with Crippen LogP contribution in [0.25, 0.3) is 0 Å². The molecule has 0 aliphatic carbocycles. The second-order valence-electron chi connectivity index (χ2n) is 6.65. The third kappa shape index (κ3) is 5.43. The predicted molar refractivity (Wildman–Crippen MR) is 106 cm³/mol. The molecule has 1 aromatic heterocycles. The first kappa shape index (κ1) is 20.7. The number of aromatic amines is 1. The largest absolute Gasteiger partial charge is 0.490 e. The molecule has 27 heavy (non-hydrogen) atoms. The SMILES string of the molecule is CCOc1cc(/C=N/Nc2nc(=O)[nH]nc2C(C)(C)C)cc(Cl)c1OCC. The number of hydrazone groups is 1. The maximum Gasteiger partial charge on any atom is 0.363 e. The normalized spacial score (nSPS) is 11.6. The average molecular weight is 394 g/mol. The maximum absolute atomic E-state index is 11.5. The van der Waals surface area contributed by atoms with E-state index in [2.05, 4.69) is 25.7 Å². The molecule has 0 saturated heterocycles. The Morgan fingerprint density at radius 2 is 1.96 bits per heavy atom. The molecule has 0 spiro atoms. The minimum atomic E-state index is -0.552. The second kappa shape index (κ2) is 8.85. The molecule has 0 radical (unpaired) electrons. The molecule has 2 aromatic rings. The van der Waals surface area contributed by atoms with E-state index in [-0.39, 0.29) is 5.41 Å². The molecule has 0 aliphatic heterocycles. The number of halogens is 1. The lowest BCUT2D eigenvalue weighted by Crippen LogP contribution is -2.24. The highest BCUT2D eigenvalue weighted by Crippen LogP contribution is 2.36. The zero-order valence-electron chi connectivity index (χ0n) is 16.1. The van der Waals surface area contributed by atoms with Crippen molar-refractivity contribution in [1.29, 1.82) is 0 Å². The first-order chi connectivity index (χ1) is 12.8. The van der Waals surface area contributed by atoms with Crippen LogP contribution in [0.3, 0.4) is 0 Å². The molecule has 0 amide bonds. The van der Waals surface area contributed by atoms with Crippen LogP contribution >= 0.6 is 11.6 Å². The molecule has 2 N–H and O–H groups in total. The van der Waals surface area contributed by atoms with Crippen molar-refractivity contribution in [2.24, 2.45) is 5.10 Å². The van der Waals surface area contributed by atoms with Crippen molar-refractivity contribution in [1.82, 2.24) is 15.2 Å². The van der Waals surface area contributed by atoms with Crippen molar-refractivity contribution in [3.8, 4) is 11.5 Å². The number of nitrogens with zero attached hydrogens (tertiary/aromatic N) is 3. The van der Waals surface area contributed by atoms with E-state index in [0.29, 0.717) is 46.8 Å². The van der Waals surface area contributed by atoms with Gasteiger partial charge in [0.25, 0.3) is 0 Å². The summed E-state index contributed by atoms with van der Waals surface area (Å²) in [5.41, 5.74) is 3.21. The number of aromatic nitrogens is 3. The van der Waals surface area contributed by atoms with E-state index in [1.165, 1.54) is 0 Å². The first-order valence-corrected chi connectivity index (χ1v) is 8.99. The molecule has 8 nitrogen and oxygen atoms in total. The van der Waals surface area contributed by atoms with Crippen LogP contribution in [0.2, 0.25) is 5.02 Å². The van der Waals surface area contributed by atoms with Gasteiger partial charge in [0.1, 0.15) is 5.69 Å². The number of nitrogens with one attached hydrogen (secondary N) is 2.